The molecule has 0 unspecified atom stereocenters. The third kappa shape index (κ3) is 2.74. The molecular weight excluding hydrogens is 276 g/mol. The highest BCUT2D eigenvalue weighted by atomic mass is 35.5. The molecule has 0 saturated heterocycles. The van der Waals surface area contributed by atoms with Crippen molar-refractivity contribution in [1.82, 2.24) is 4.98 Å². The molecule has 1 aromatic heterocycles. The number of hydrogen-bond donors (Lipinski definition) is 0. The number of hydrogen-bond acceptors (Lipinski definition) is 1. The fraction of sp³-hybridized carbons (Fsp3) is 0.375. The second-order valence-corrected chi connectivity index (χ2v) is 3.42. The Morgan fingerprint density at radius 1 is 1.31 bits per heavy atom. The van der Waals surface area contributed by atoms with E-state index in [1.165, 1.54) is 0 Å². The van der Waals surface area contributed by atoms with Gasteiger partial charge in [-0.2, -0.15) is 13.2 Å². The Morgan fingerprint density at radius 2 is 1.88 bits per heavy atom. The second kappa shape index (κ2) is 4.71. The van der Waals surface area contributed by atoms with Crippen LogP contribution in [-0.2, 0) is 12.1 Å². The van der Waals surface area contributed by atoms with Gasteiger partial charge in [0.25, 0.3) is 6.43 Å². The zero-order valence-electron chi connectivity index (χ0n) is 7.45. The highest BCUT2D eigenvalue weighted by Crippen LogP contribution is 2.35. The Hall–Kier alpha value is -0.620. The van der Waals surface area contributed by atoms with Gasteiger partial charge in [0.2, 0.25) is 0 Å². The van der Waals surface area contributed by atoms with Crippen LogP contribution in [0.3, 0.4) is 0 Å². The predicted molar refractivity (Wildman–Crippen MR) is 48.8 cm³/mol. The lowest BCUT2D eigenvalue weighted by atomic mass is 10.1. The molecule has 16 heavy (non-hydrogen) atoms. The standard InChI is InChI=1S/C8H4Cl2F5N/c9-2-4-3(7(11)12)1-5(8(13,14)15)16-6(4)10/h1,7H,2H2. The van der Waals surface area contributed by atoms with Crippen molar-refractivity contribution in [2.45, 2.75) is 18.5 Å². The molecule has 0 saturated carbocycles. The third-order valence-electron chi connectivity index (χ3n) is 1.77. The topological polar surface area (TPSA) is 12.9 Å². The summed E-state index contributed by atoms with van der Waals surface area (Å²) in [5.74, 6) is -0.427. The SMILES string of the molecule is FC(F)c1cc(C(F)(F)F)nc(Cl)c1CCl. The molecule has 0 aliphatic carbocycles. The van der Waals surface area contributed by atoms with E-state index >= 15 is 0 Å². The Kier molecular flexibility index (Phi) is 3.96. The highest BCUT2D eigenvalue weighted by Gasteiger charge is 2.35. The Balaban J connectivity index is 3.40. The molecule has 0 N–H and O–H groups in total. The van der Waals surface area contributed by atoms with E-state index in [2.05, 4.69) is 4.98 Å². The molecule has 1 heterocycles. The van der Waals surface area contributed by atoms with Gasteiger partial charge in [0.15, 0.2) is 0 Å². The van der Waals surface area contributed by atoms with Gasteiger partial charge in [0.1, 0.15) is 10.8 Å². The van der Waals surface area contributed by atoms with Crippen LogP contribution in [0.1, 0.15) is 23.2 Å². The van der Waals surface area contributed by atoms with Gasteiger partial charge in [-0.1, -0.05) is 11.6 Å². The lowest BCUT2D eigenvalue weighted by Crippen LogP contribution is -2.11. The molecule has 0 aromatic carbocycles. The zero-order valence-corrected chi connectivity index (χ0v) is 8.97. The van der Waals surface area contributed by atoms with E-state index in [1.807, 2.05) is 0 Å². The van der Waals surface area contributed by atoms with Crippen LogP contribution in [-0.4, -0.2) is 4.98 Å². The molecule has 0 aliphatic heterocycles. The van der Waals surface area contributed by atoms with E-state index in [-0.39, 0.29) is 11.6 Å². The third-order valence-corrected chi connectivity index (χ3v) is 2.35. The van der Waals surface area contributed by atoms with Crippen molar-refractivity contribution in [2.24, 2.45) is 0 Å². The highest BCUT2D eigenvalue weighted by molar-refractivity contribution is 6.31. The summed E-state index contributed by atoms with van der Waals surface area (Å²) in [6, 6.07) is 0.258. The van der Waals surface area contributed by atoms with Gasteiger partial charge in [0.05, 0.1) is 5.88 Å². The summed E-state index contributed by atoms with van der Waals surface area (Å²) in [6.07, 6.45) is -7.91. The van der Waals surface area contributed by atoms with Crippen LogP contribution < -0.4 is 0 Å². The van der Waals surface area contributed by atoms with Crippen molar-refractivity contribution >= 4 is 23.2 Å². The summed E-state index contributed by atoms with van der Waals surface area (Å²) in [7, 11) is 0. The first-order valence-electron chi connectivity index (χ1n) is 3.88. The van der Waals surface area contributed by atoms with Crippen molar-refractivity contribution in [3.63, 3.8) is 0 Å². The maximum atomic E-state index is 12.5. The molecule has 90 valence electrons. The van der Waals surface area contributed by atoms with Gasteiger partial charge in [0, 0.05) is 11.1 Å². The normalized spacial score (nSPS) is 12.2. The molecule has 0 radical (unpaired) electrons. The van der Waals surface area contributed by atoms with Gasteiger partial charge in [-0.3, -0.25) is 0 Å². The van der Waals surface area contributed by atoms with Gasteiger partial charge in [-0.15, -0.1) is 11.6 Å². The van der Waals surface area contributed by atoms with Crippen LogP contribution in [0.5, 0.6) is 0 Å². The maximum Gasteiger partial charge on any atom is 0.433 e. The number of aromatic nitrogens is 1. The number of pyridine rings is 1. The van der Waals surface area contributed by atoms with Crippen molar-refractivity contribution in [2.75, 3.05) is 0 Å². The molecule has 0 aliphatic rings. The maximum absolute atomic E-state index is 12.5. The van der Waals surface area contributed by atoms with E-state index < -0.39 is 34.9 Å². The summed E-state index contributed by atoms with van der Waals surface area (Å²) in [4.78, 5) is 2.98. The molecule has 0 atom stereocenters. The molecule has 1 nitrogen and oxygen atoms in total. The average Bonchev–Trinajstić information content (AvgIpc) is 2.14. The van der Waals surface area contributed by atoms with E-state index in [0.29, 0.717) is 0 Å². The summed E-state index contributed by atoms with van der Waals surface area (Å²) < 4.78 is 61.6. The van der Waals surface area contributed by atoms with E-state index in [4.69, 9.17) is 23.2 Å². The predicted octanol–water partition coefficient (Wildman–Crippen LogP) is 4.43. The average molecular weight is 280 g/mol. The van der Waals surface area contributed by atoms with Gasteiger partial charge < -0.3 is 0 Å². The quantitative estimate of drug-likeness (QED) is 0.443. The van der Waals surface area contributed by atoms with E-state index in [0.717, 1.165) is 0 Å². The first-order chi connectivity index (χ1) is 7.27. The Morgan fingerprint density at radius 3 is 2.25 bits per heavy atom. The number of halogens is 7. The summed E-state index contributed by atoms with van der Waals surface area (Å²) in [5.41, 5.74) is -2.59. The van der Waals surface area contributed by atoms with Crippen LogP contribution in [0.4, 0.5) is 22.0 Å². The van der Waals surface area contributed by atoms with Crippen LogP contribution in [0, 0.1) is 0 Å². The number of nitrogens with zero attached hydrogens (tertiary/aromatic N) is 1. The fourth-order valence-corrected chi connectivity index (χ4v) is 1.65. The summed E-state index contributed by atoms with van der Waals surface area (Å²) in [6.45, 7) is 0. The minimum Gasteiger partial charge on any atom is -0.231 e. The van der Waals surface area contributed by atoms with Crippen LogP contribution >= 0.6 is 23.2 Å². The van der Waals surface area contributed by atoms with Gasteiger partial charge >= 0.3 is 6.18 Å². The first kappa shape index (κ1) is 13.4. The molecule has 0 fully saturated rings. The molecule has 1 aromatic rings. The number of rotatable bonds is 2. The molecule has 0 spiro atoms. The monoisotopic (exact) mass is 279 g/mol. The smallest absolute Gasteiger partial charge is 0.231 e. The molecule has 0 bridgehead atoms. The minimum absolute atomic E-state index is 0.258. The zero-order chi connectivity index (χ0) is 12.5. The first-order valence-corrected chi connectivity index (χ1v) is 4.79. The van der Waals surface area contributed by atoms with Gasteiger partial charge in [-0.05, 0) is 6.07 Å². The summed E-state index contributed by atoms with van der Waals surface area (Å²) >= 11 is 10.7. The Bertz CT molecular complexity index is 391. The van der Waals surface area contributed by atoms with Crippen molar-refractivity contribution < 1.29 is 22.0 Å². The number of alkyl halides is 6. The second-order valence-electron chi connectivity index (χ2n) is 2.80. The fourth-order valence-electron chi connectivity index (χ4n) is 1.03. The van der Waals surface area contributed by atoms with E-state index in [9.17, 15) is 22.0 Å². The molecular formula is C8H4Cl2F5N. The van der Waals surface area contributed by atoms with Crippen molar-refractivity contribution in [3.8, 4) is 0 Å². The minimum atomic E-state index is -4.82. The van der Waals surface area contributed by atoms with Crippen LogP contribution in [0.2, 0.25) is 5.15 Å². The largest absolute Gasteiger partial charge is 0.433 e. The lowest BCUT2D eigenvalue weighted by Gasteiger charge is -2.12. The molecule has 0 amide bonds. The Labute approximate surface area is 97.2 Å². The van der Waals surface area contributed by atoms with Crippen molar-refractivity contribution in [1.29, 1.82) is 0 Å². The molecule has 8 heteroatoms. The van der Waals surface area contributed by atoms with Crippen molar-refractivity contribution in [3.05, 3.63) is 28.0 Å². The van der Waals surface area contributed by atoms with Crippen LogP contribution in [0.25, 0.3) is 0 Å². The van der Waals surface area contributed by atoms with Crippen LogP contribution in [0.15, 0.2) is 6.07 Å². The molecule has 1 rings (SSSR count). The van der Waals surface area contributed by atoms with Gasteiger partial charge in [-0.25, -0.2) is 13.8 Å². The summed E-state index contributed by atoms with van der Waals surface area (Å²) in [5, 5.41) is -0.653. The lowest BCUT2D eigenvalue weighted by molar-refractivity contribution is -0.141. The van der Waals surface area contributed by atoms with E-state index in [1.54, 1.807) is 0 Å².